The fraction of sp³-hybridized carbons (Fsp3) is 0.538. The first-order valence-corrected chi connectivity index (χ1v) is 8.27. The molecule has 0 aromatic heterocycles. The number of nitrogens with zero attached hydrogens (tertiary/aromatic N) is 1. The van der Waals surface area contributed by atoms with Gasteiger partial charge in [-0.2, -0.15) is 4.31 Å². The van der Waals surface area contributed by atoms with E-state index >= 15 is 0 Å². The highest BCUT2D eigenvalue weighted by atomic mass is 35.5. The highest BCUT2D eigenvalue weighted by molar-refractivity contribution is 7.89. The van der Waals surface area contributed by atoms with Gasteiger partial charge in [0.2, 0.25) is 10.0 Å². The van der Waals surface area contributed by atoms with Gasteiger partial charge in [0.05, 0.1) is 11.0 Å². The third-order valence-electron chi connectivity index (χ3n) is 4.03. The predicted molar refractivity (Wildman–Crippen MR) is 72.5 cm³/mol. The summed E-state index contributed by atoms with van der Waals surface area (Å²) in [4.78, 5) is 0.283. The Morgan fingerprint density at radius 2 is 1.63 bits per heavy atom. The third-order valence-corrected chi connectivity index (χ3v) is 6.30. The zero-order valence-corrected chi connectivity index (χ0v) is 11.9. The van der Waals surface area contributed by atoms with Crippen molar-refractivity contribution in [1.82, 2.24) is 4.31 Å². The number of sulfonamides is 1. The van der Waals surface area contributed by atoms with Crippen molar-refractivity contribution in [3.05, 3.63) is 29.3 Å². The molecule has 6 heteroatoms. The SMILES string of the molecule is O=S(=O)(c1ccc(Cl)cc1)N1[C@@H]2CC[C@H]1C[C@@H](O)C2. The molecule has 19 heavy (non-hydrogen) atoms. The first kappa shape index (κ1) is 13.4. The molecule has 2 aliphatic heterocycles. The Morgan fingerprint density at radius 3 is 2.16 bits per heavy atom. The maximum absolute atomic E-state index is 12.7. The van der Waals surface area contributed by atoms with Gasteiger partial charge in [-0.1, -0.05) is 11.6 Å². The van der Waals surface area contributed by atoms with Crippen molar-refractivity contribution >= 4 is 21.6 Å². The fourth-order valence-corrected chi connectivity index (χ4v) is 5.24. The molecule has 104 valence electrons. The summed E-state index contributed by atoms with van der Waals surface area (Å²) in [7, 11) is -3.47. The van der Waals surface area contributed by atoms with Crippen LogP contribution in [0.2, 0.25) is 5.02 Å². The lowest BCUT2D eigenvalue weighted by Gasteiger charge is -2.36. The van der Waals surface area contributed by atoms with Gasteiger partial charge in [0.25, 0.3) is 0 Å². The Bertz CT molecular complexity index is 558. The summed E-state index contributed by atoms with van der Waals surface area (Å²) in [5, 5.41) is 10.3. The molecule has 4 nitrogen and oxygen atoms in total. The molecule has 1 N–H and O–H groups in total. The first-order chi connectivity index (χ1) is 8.98. The molecule has 2 bridgehead atoms. The van der Waals surface area contributed by atoms with Crippen LogP contribution in [0.1, 0.15) is 25.7 Å². The topological polar surface area (TPSA) is 57.6 Å². The van der Waals surface area contributed by atoms with Crippen LogP contribution in [0.15, 0.2) is 29.2 Å². The normalized spacial score (nSPS) is 31.6. The number of piperidine rings is 1. The van der Waals surface area contributed by atoms with E-state index < -0.39 is 10.0 Å². The second-order valence-corrected chi connectivity index (χ2v) is 7.58. The minimum atomic E-state index is -3.47. The predicted octanol–water partition coefficient (Wildman–Crippen LogP) is 2.02. The number of rotatable bonds is 2. The van der Waals surface area contributed by atoms with Crippen LogP contribution < -0.4 is 0 Å². The fourth-order valence-electron chi connectivity index (χ4n) is 3.23. The van der Waals surface area contributed by atoms with E-state index in [0.717, 1.165) is 12.8 Å². The van der Waals surface area contributed by atoms with Crippen LogP contribution in [0, 0.1) is 0 Å². The molecule has 2 aliphatic rings. The molecule has 2 saturated heterocycles. The van der Waals surface area contributed by atoms with Crippen molar-refractivity contribution in [3.63, 3.8) is 0 Å². The number of benzene rings is 1. The van der Waals surface area contributed by atoms with Gasteiger partial charge < -0.3 is 5.11 Å². The van der Waals surface area contributed by atoms with Gasteiger partial charge >= 0.3 is 0 Å². The van der Waals surface area contributed by atoms with E-state index in [9.17, 15) is 13.5 Å². The van der Waals surface area contributed by atoms with Crippen LogP contribution in [-0.4, -0.2) is 36.0 Å². The zero-order chi connectivity index (χ0) is 13.6. The second-order valence-electron chi connectivity index (χ2n) is 5.30. The molecule has 0 spiro atoms. The Hall–Kier alpha value is -0.620. The average molecular weight is 302 g/mol. The lowest BCUT2D eigenvalue weighted by Crippen LogP contribution is -2.47. The van der Waals surface area contributed by atoms with Crippen LogP contribution in [-0.2, 0) is 10.0 Å². The van der Waals surface area contributed by atoms with Gasteiger partial charge in [0, 0.05) is 17.1 Å². The first-order valence-electron chi connectivity index (χ1n) is 6.45. The Kier molecular flexibility index (Phi) is 3.33. The zero-order valence-electron chi connectivity index (χ0n) is 10.4. The van der Waals surface area contributed by atoms with E-state index in [1.165, 1.54) is 0 Å². The number of hydrogen-bond acceptors (Lipinski definition) is 3. The number of aliphatic hydroxyl groups excluding tert-OH is 1. The van der Waals surface area contributed by atoms with Gasteiger partial charge in [0.1, 0.15) is 0 Å². The molecule has 2 fully saturated rings. The summed E-state index contributed by atoms with van der Waals surface area (Å²) >= 11 is 5.79. The van der Waals surface area contributed by atoms with Crippen LogP contribution in [0.5, 0.6) is 0 Å². The van der Waals surface area contributed by atoms with Gasteiger partial charge in [-0.15, -0.1) is 0 Å². The van der Waals surface area contributed by atoms with Crippen LogP contribution in [0.25, 0.3) is 0 Å². The van der Waals surface area contributed by atoms with Crippen molar-refractivity contribution < 1.29 is 13.5 Å². The molecule has 0 radical (unpaired) electrons. The minimum absolute atomic E-state index is 0.0607. The molecule has 0 unspecified atom stereocenters. The van der Waals surface area contributed by atoms with E-state index in [4.69, 9.17) is 11.6 Å². The lowest BCUT2D eigenvalue weighted by atomic mass is 10.0. The van der Waals surface area contributed by atoms with Crippen LogP contribution in [0.3, 0.4) is 0 Å². The largest absolute Gasteiger partial charge is 0.393 e. The molecular weight excluding hydrogens is 286 g/mol. The van der Waals surface area contributed by atoms with Crippen molar-refractivity contribution in [2.45, 2.75) is 48.8 Å². The molecule has 1 aromatic rings. The van der Waals surface area contributed by atoms with E-state index in [0.29, 0.717) is 17.9 Å². The van der Waals surface area contributed by atoms with Gasteiger partial charge in [-0.05, 0) is 49.9 Å². The molecular formula is C13H16ClNO3S. The quantitative estimate of drug-likeness (QED) is 0.909. The van der Waals surface area contributed by atoms with Crippen LogP contribution in [0.4, 0.5) is 0 Å². The highest BCUT2D eigenvalue weighted by Crippen LogP contribution is 2.39. The van der Waals surface area contributed by atoms with E-state index in [-0.39, 0.29) is 23.1 Å². The smallest absolute Gasteiger partial charge is 0.243 e. The monoisotopic (exact) mass is 301 g/mol. The summed E-state index contributed by atoms with van der Waals surface area (Å²) in [6.07, 6.45) is 2.41. The van der Waals surface area contributed by atoms with Crippen LogP contribution >= 0.6 is 11.6 Å². The van der Waals surface area contributed by atoms with Gasteiger partial charge in [0.15, 0.2) is 0 Å². The van der Waals surface area contributed by atoms with E-state index in [1.807, 2.05) is 0 Å². The molecule has 1 aromatic carbocycles. The van der Waals surface area contributed by atoms with Crippen molar-refractivity contribution in [3.8, 4) is 0 Å². The summed E-state index contributed by atoms with van der Waals surface area (Å²) < 4.78 is 26.9. The standard InChI is InChI=1S/C13H16ClNO3S/c14-9-1-5-13(6-2-9)19(17,18)15-10-3-4-11(15)8-12(16)7-10/h1-2,5-6,10-12,16H,3-4,7-8H2/t10-,11+,12+. The maximum Gasteiger partial charge on any atom is 0.243 e. The summed E-state index contributed by atoms with van der Waals surface area (Å²) in [5.41, 5.74) is 0. The Balaban J connectivity index is 1.95. The highest BCUT2D eigenvalue weighted by Gasteiger charge is 2.46. The van der Waals surface area contributed by atoms with E-state index in [2.05, 4.69) is 0 Å². The number of aliphatic hydroxyl groups is 1. The summed E-state index contributed by atoms with van der Waals surface area (Å²) in [6.45, 7) is 0. The summed E-state index contributed by atoms with van der Waals surface area (Å²) in [6, 6.07) is 6.15. The van der Waals surface area contributed by atoms with E-state index in [1.54, 1.807) is 28.6 Å². The van der Waals surface area contributed by atoms with Crippen molar-refractivity contribution in [2.24, 2.45) is 0 Å². The average Bonchev–Trinajstić information content (AvgIpc) is 2.64. The molecule has 3 atom stereocenters. The molecule has 2 heterocycles. The Morgan fingerprint density at radius 1 is 1.11 bits per heavy atom. The third kappa shape index (κ3) is 2.29. The molecule has 3 rings (SSSR count). The number of fused-ring (bicyclic) bond motifs is 2. The minimum Gasteiger partial charge on any atom is -0.393 e. The maximum atomic E-state index is 12.7. The van der Waals surface area contributed by atoms with Crippen molar-refractivity contribution in [2.75, 3.05) is 0 Å². The van der Waals surface area contributed by atoms with Gasteiger partial charge in [-0.25, -0.2) is 8.42 Å². The Labute approximate surface area is 118 Å². The number of halogens is 1. The van der Waals surface area contributed by atoms with Gasteiger partial charge in [-0.3, -0.25) is 0 Å². The summed E-state index contributed by atoms with van der Waals surface area (Å²) in [5.74, 6) is 0. The number of hydrogen-bond donors (Lipinski definition) is 1. The molecule has 0 saturated carbocycles. The van der Waals surface area contributed by atoms with Crippen molar-refractivity contribution in [1.29, 1.82) is 0 Å². The second kappa shape index (κ2) is 4.74. The molecule has 0 aliphatic carbocycles. The molecule has 0 amide bonds. The lowest BCUT2D eigenvalue weighted by molar-refractivity contribution is 0.0769.